The number of hydrogen-bond donors (Lipinski definition) is 0. The molecule has 0 saturated carbocycles. The molecule has 0 aliphatic rings. The van der Waals surface area contributed by atoms with Gasteiger partial charge in [-0.3, -0.25) is 0 Å². The van der Waals surface area contributed by atoms with Gasteiger partial charge in [-0.15, -0.1) is 0 Å². The van der Waals surface area contributed by atoms with Crippen LogP contribution in [0.4, 0.5) is 22.8 Å². The van der Waals surface area contributed by atoms with Gasteiger partial charge in [-0.25, -0.2) is 9.59 Å². The van der Waals surface area contributed by atoms with Crippen LogP contribution in [0.15, 0.2) is 48.5 Å². The molecule has 35 heavy (non-hydrogen) atoms. The summed E-state index contributed by atoms with van der Waals surface area (Å²) in [4.78, 5) is 27.4. The van der Waals surface area contributed by atoms with E-state index in [1.807, 2.05) is 0 Å². The van der Waals surface area contributed by atoms with Crippen LogP contribution in [-0.4, -0.2) is 55.3 Å². The molecule has 0 bridgehead atoms. The van der Waals surface area contributed by atoms with E-state index in [0.717, 1.165) is 12.1 Å². The summed E-state index contributed by atoms with van der Waals surface area (Å²) in [6, 6.07) is 10.6. The van der Waals surface area contributed by atoms with Crippen LogP contribution in [0, 0.1) is 0 Å². The Kier molecular flexibility index (Phi) is 9.00. The smallest absolute Gasteiger partial charge is 0.416 e. The maximum atomic E-state index is 12.8. The highest BCUT2D eigenvalue weighted by molar-refractivity contribution is 5.70. The van der Waals surface area contributed by atoms with Crippen molar-refractivity contribution in [3.05, 3.63) is 59.7 Å². The molecule has 192 valence electrons. The Morgan fingerprint density at radius 2 is 1.54 bits per heavy atom. The molecule has 10 heteroatoms. The first kappa shape index (κ1) is 27.8. The number of carbonyl (C=O) groups excluding carboxylic acids is 2. The van der Waals surface area contributed by atoms with E-state index in [1.165, 1.54) is 21.9 Å². The molecule has 0 saturated heterocycles. The van der Waals surface area contributed by atoms with Crippen molar-refractivity contribution in [2.24, 2.45) is 0 Å². The van der Waals surface area contributed by atoms with Crippen LogP contribution in [0.1, 0.15) is 44.4 Å². The minimum Gasteiger partial charge on any atom is -0.494 e. The Balaban J connectivity index is 2.21. The van der Waals surface area contributed by atoms with Gasteiger partial charge < -0.3 is 24.0 Å². The number of ether oxygens (including phenoxy) is 3. The molecule has 7 nitrogen and oxygen atoms in total. The van der Waals surface area contributed by atoms with Crippen LogP contribution >= 0.6 is 0 Å². The van der Waals surface area contributed by atoms with Crippen molar-refractivity contribution >= 4 is 12.2 Å². The van der Waals surface area contributed by atoms with Gasteiger partial charge in [0, 0.05) is 27.6 Å². The molecule has 0 N–H and O–H groups in total. The number of amides is 2. The number of rotatable bonds is 7. The lowest BCUT2D eigenvalue weighted by molar-refractivity contribution is -0.137. The lowest BCUT2D eigenvalue weighted by atomic mass is 10.0. The molecule has 0 aliphatic heterocycles. The first-order valence-corrected chi connectivity index (χ1v) is 10.9. The molecule has 2 rings (SSSR count). The Bertz CT molecular complexity index is 1000. The fourth-order valence-corrected chi connectivity index (χ4v) is 3.05. The zero-order chi connectivity index (χ0) is 26.4. The lowest BCUT2D eigenvalue weighted by Crippen LogP contribution is -2.37. The second kappa shape index (κ2) is 11.3. The van der Waals surface area contributed by atoms with E-state index in [1.54, 1.807) is 66.2 Å². The van der Waals surface area contributed by atoms with Crippen LogP contribution < -0.4 is 9.47 Å². The van der Waals surface area contributed by atoms with Crippen LogP contribution in [0.25, 0.3) is 0 Å². The van der Waals surface area contributed by atoms with Crippen molar-refractivity contribution in [3.63, 3.8) is 0 Å². The number of alkyl halides is 3. The molecule has 1 atom stereocenters. The normalized spacial score (nSPS) is 12.5. The van der Waals surface area contributed by atoms with E-state index in [4.69, 9.17) is 14.2 Å². The van der Waals surface area contributed by atoms with Crippen LogP contribution in [0.5, 0.6) is 11.5 Å². The van der Waals surface area contributed by atoms with E-state index in [-0.39, 0.29) is 12.4 Å². The first-order chi connectivity index (χ1) is 16.2. The highest BCUT2D eigenvalue weighted by atomic mass is 19.4. The van der Waals surface area contributed by atoms with Gasteiger partial charge >= 0.3 is 18.4 Å². The molecular formula is C25H31F3N2O5. The Labute approximate surface area is 203 Å². The summed E-state index contributed by atoms with van der Waals surface area (Å²) >= 11 is 0. The average molecular weight is 497 g/mol. The van der Waals surface area contributed by atoms with E-state index in [9.17, 15) is 22.8 Å². The second-order valence-corrected chi connectivity index (χ2v) is 9.10. The highest BCUT2D eigenvalue weighted by Gasteiger charge is 2.30. The molecule has 2 aromatic carbocycles. The van der Waals surface area contributed by atoms with Crippen molar-refractivity contribution in [2.45, 2.75) is 45.0 Å². The van der Waals surface area contributed by atoms with E-state index in [2.05, 4.69) is 0 Å². The van der Waals surface area contributed by atoms with Gasteiger partial charge in [-0.05, 0) is 62.7 Å². The van der Waals surface area contributed by atoms with Crippen molar-refractivity contribution in [1.29, 1.82) is 0 Å². The largest absolute Gasteiger partial charge is 0.494 e. The van der Waals surface area contributed by atoms with Gasteiger partial charge in [0.25, 0.3) is 0 Å². The number of hydrogen-bond acceptors (Lipinski definition) is 5. The van der Waals surface area contributed by atoms with Crippen LogP contribution in [0.2, 0.25) is 0 Å². The van der Waals surface area contributed by atoms with E-state index < -0.39 is 35.6 Å². The zero-order valence-corrected chi connectivity index (χ0v) is 20.7. The highest BCUT2D eigenvalue weighted by Crippen LogP contribution is 2.31. The first-order valence-electron chi connectivity index (χ1n) is 10.9. The number of carbonyl (C=O) groups is 2. The fourth-order valence-electron chi connectivity index (χ4n) is 3.05. The van der Waals surface area contributed by atoms with Gasteiger partial charge in [0.2, 0.25) is 0 Å². The molecule has 0 fully saturated rings. The molecule has 1 unspecified atom stereocenters. The lowest BCUT2D eigenvalue weighted by Gasteiger charge is -2.31. The molecule has 0 heterocycles. The van der Waals surface area contributed by atoms with Gasteiger partial charge in [-0.1, -0.05) is 12.1 Å². The van der Waals surface area contributed by atoms with E-state index in [0.29, 0.717) is 17.7 Å². The third-order valence-electron chi connectivity index (χ3n) is 4.80. The predicted octanol–water partition coefficient (Wildman–Crippen LogP) is 6.14. The monoisotopic (exact) mass is 496 g/mol. The number of nitrogens with zero attached hydrogens (tertiary/aromatic N) is 2. The zero-order valence-electron chi connectivity index (χ0n) is 20.7. The van der Waals surface area contributed by atoms with Crippen molar-refractivity contribution in [1.82, 2.24) is 9.80 Å². The average Bonchev–Trinajstić information content (AvgIpc) is 2.75. The second-order valence-electron chi connectivity index (χ2n) is 9.10. The Hall–Kier alpha value is -3.43. The maximum Gasteiger partial charge on any atom is 0.416 e. The Morgan fingerprint density at radius 3 is 2.09 bits per heavy atom. The summed E-state index contributed by atoms with van der Waals surface area (Å²) in [6.07, 6.45) is -5.25. The summed E-state index contributed by atoms with van der Waals surface area (Å²) in [5.74, 6) is 0.567. The van der Waals surface area contributed by atoms with E-state index >= 15 is 0 Å². The fraction of sp³-hybridized carbons (Fsp3) is 0.440. The number of halogens is 3. The van der Waals surface area contributed by atoms with Gasteiger partial charge in [0.05, 0.1) is 18.2 Å². The van der Waals surface area contributed by atoms with Crippen LogP contribution in [0.3, 0.4) is 0 Å². The van der Waals surface area contributed by atoms with Crippen molar-refractivity contribution < 1.29 is 37.0 Å². The summed E-state index contributed by atoms with van der Waals surface area (Å²) in [6.45, 7) is 5.36. The third kappa shape index (κ3) is 8.70. The Morgan fingerprint density at radius 1 is 0.914 bits per heavy atom. The molecule has 0 radical (unpaired) electrons. The standard InChI is InChI=1S/C25H31F3N2O5/c1-24(2,3)35-23(32)30(6)21(17-8-7-9-20(16-17)34-22(31)29(4)5)14-15-33-19-12-10-18(11-13-19)25(26,27)28/h7-13,16,21H,14-15H2,1-6H3. The van der Waals surface area contributed by atoms with Gasteiger partial charge in [0.15, 0.2) is 0 Å². The topological polar surface area (TPSA) is 68.3 Å². The molecule has 2 amide bonds. The minimum absolute atomic E-state index is 0.102. The quantitative estimate of drug-likeness (QED) is 0.460. The SMILES string of the molecule is CN(C)C(=O)Oc1cccc(C(CCOc2ccc(C(F)(F)F)cc2)N(C)C(=O)OC(C)(C)C)c1. The van der Waals surface area contributed by atoms with Crippen LogP contribution in [-0.2, 0) is 10.9 Å². The molecule has 0 spiro atoms. The maximum absolute atomic E-state index is 12.8. The van der Waals surface area contributed by atoms with Gasteiger partial charge in [0.1, 0.15) is 17.1 Å². The number of benzene rings is 2. The molecule has 2 aromatic rings. The summed E-state index contributed by atoms with van der Waals surface area (Å²) in [7, 11) is 4.70. The molecule has 0 aromatic heterocycles. The molecular weight excluding hydrogens is 465 g/mol. The third-order valence-corrected chi connectivity index (χ3v) is 4.80. The van der Waals surface area contributed by atoms with Gasteiger partial charge in [-0.2, -0.15) is 13.2 Å². The summed E-state index contributed by atoms with van der Waals surface area (Å²) in [5.41, 5.74) is -0.815. The predicted molar refractivity (Wildman–Crippen MR) is 124 cm³/mol. The minimum atomic E-state index is -4.43. The molecule has 0 aliphatic carbocycles. The summed E-state index contributed by atoms with van der Waals surface area (Å²) < 4.78 is 54.8. The van der Waals surface area contributed by atoms with Crippen molar-refractivity contribution in [3.8, 4) is 11.5 Å². The van der Waals surface area contributed by atoms with Crippen molar-refractivity contribution in [2.75, 3.05) is 27.7 Å². The summed E-state index contributed by atoms with van der Waals surface area (Å²) in [5, 5.41) is 0.